The molecule has 0 amide bonds. The maximum Gasteiger partial charge on any atom is 0.348 e. The number of carbonyl (C=O) groups is 1. The van der Waals surface area contributed by atoms with Crippen LogP contribution < -0.4 is 0 Å². The summed E-state index contributed by atoms with van der Waals surface area (Å²) in [5.41, 5.74) is 0. The predicted molar refractivity (Wildman–Crippen MR) is 65.0 cm³/mol. The molecule has 2 rings (SSSR count). The highest BCUT2D eigenvalue weighted by molar-refractivity contribution is 7.80. The lowest BCUT2D eigenvalue weighted by molar-refractivity contribution is 0.0482. The van der Waals surface area contributed by atoms with Crippen molar-refractivity contribution in [2.24, 2.45) is 0 Å². The van der Waals surface area contributed by atoms with Crippen molar-refractivity contribution in [3.05, 3.63) is 38.7 Å². The maximum atomic E-state index is 11.5. The molecular formula is C10H8O2S3. The van der Waals surface area contributed by atoms with Crippen LogP contribution in [0.2, 0.25) is 0 Å². The molecule has 0 fully saturated rings. The van der Waals surface area contributed by atoms with Crippen LogP contribution in [0.3, 0.4) is 0 Å². The summed E-state index contributed by atoms with van der Waals surface area (Å²) in [6.45, 7) is 0.344. The summed E-state index contributed by atoms with van der Waals surface area (Å²) in [6, 6.07) is 5.59. The molecule has 0 bridgehead atoms. The molecule has 2 heterocycles. The predicted octanol–water partition coefficient (Wildman–Crippen LogP) is 3.46. The Morgan fingerprint density at radius 2 is 2.33 bits per heavy atom. The molecule has 0 aliphatic carbocycles. The van der Waals surface area contributed by atoms with Crippen molar-refractivity contribution >= 4 is 41.3 Å². The third-order valence-electron chi connectivity index (χ3n) is 1.71. The molecule has 0 saturated carbocycles. The molecule has 15 heavy (non-hydrogen) atoms. The van der Waals surface area contributed by atoms with Crippen molar-refractivity contribution in [3.63, 3.8) is 0 Å². The molecule has 0 spiro atoms. The van der Waals surface area contributed by atoms with Crippen LogP contribution in [0.1, 0.15) is 14.5 Å². The molecule has 5 heteroatoms. The molecular weight excluding hydrogens is 248 g/mol. The minimum absolute atomic E-state index is 0.284. The van der Waals surface area contributed by atoms with E-state index in [-0.39, 0.29) is 5.97 Å². The number of rotatable bonds is 3. The number of hydrogen-bond donors (Lipinski definition) is 1. The Labute approximate surface area is 101 Å². The Kier molecular flexibility index (Phi) is 3.45. The van der Waals surface area contributed by atoms with Gasteiger partial charge in [0.25, 0.3) is 0 Å². The number of esters is 1. The van der Waals surface area contributed by atoms with Crippen LogP contribution in [-0.2, 0) is 11.3 Å². The molecule has 0 saturated heterocycles. The Balaban J connectivity index is 1.93. The van der Waals surface area contributed by atoms with E-state index < -0.39 is 0 Å². The number of ether oxygens (including phenoxy) is 1. The molecule has 0 atom stereocenters. The Bertz CT molecular complexity index is 445. The summed E-state index contributed by atoms with van der Waals surface area (Å²) in [7, 11) is 0. The summed E-state index contributed by atoms with van der Waals surface area (Å²) in [5, 5.41) is 3.77. The summed E-state index contributed by atoms with van der Waals surface area (Å²) >= 11 is 7.06. The van der Waals surface area contributed by atoms with Gasteiger partial charge in [-0.2, -0.15) is 0 Å². The van der Waals surface area contributed by atoms with E-state index in [4.69, 9.17) is 4.74 Å². The molecule has 2 aromatic heterocycles. The highest BCUT2D eigenvalue weighted by Gasteiger charge is 2.09. The van der Waals surface area contributed by atoms with Crippen LogP contribution in [-0.4, -0.2) is 5.97 Å². The number of thiophene rings is 2. The largest absolute Gasteiger partial charge is 0.456 e. The van der Waals surface area contributed by atoms with Crippen LogP contribution in [0.15, 0.2) is 33.9 Å². The second-order valence-corrected chi connectivity index (χ2v) is 5.28. The first-order valence-corrected chi connectivity index (χ1v) is 6.43. The van der Waals surface area contributed by atoms with Crippen LogP contribution in [0.4, 0.5) is 0 Å². The third-order valence-corrected chi connectivity index (χ3v) is 3.91. The van der Waals surface area contributed by atoms with E-state index in [0.29, 0.717) is 11.5 Å². The minimum atomic E-state index is -0.284. The minimum Gasteiger partial charge on any atom is -0.456 e. The van der Waals surface area contributed by atoms with Gasteiger partial charge >= 0.3 is 5.97 Å². The lowest BCUT2D eigenvalue weighted by Crippen LogP contribution is -2.01. The molecule has 0 radical (unpaired) electrons. The summed E-state index contributed by atoms with van der Waals surface area (Å²) in [4.78, 5) is 13.9. The van der Waals surface area contributed by atoms with Crippen molar-refractivity contribution in [1.82, 2.24) is 0 Å². The molecule has 0 aromatic carbocycles. The van der Waals surface area contributed by atoms with Gasteiger partial charge in [-0.1, -0.05) is 6.07 Å². The topological polar surface area (TPSA) is 26.3 Å². The second-order valence-electron chi connectivity index (χ2n) is 2.82. The molecule has 78 valence electrons. The van der Waals surface area contributed by atoms with Gasteiger partial charge in [0.15, 0.2) is 0 Å². The van der Waals surface area contributed by atoms with Crippen LogP contribution in [0.5, 0.6) is 0 Å². The van der Waals surface area contributed by atoms with Gasteiger partial charge in [0.1, 0.15) is 11.5 Å². The number of carbonyl (C=O) groups excluding carboxylic acids is 1. The van der Waals surface area contributed by atoms with Crippen LogP contribution in [0, 0.1) is 0 Å². The Morgan fingerprint density at radius 3 is 2.93 bits per heavy atom. The molecule has 0 aliphatic rings. The second kappa shape index (κ2) is 4.83. The zero-order valence-electron chi connectivity index (χ0n) is 7.67. The molecule has 0 N–H and O–H groups in total. The van der Waals surface area contributed by atoms with Crippen molar-refractivity contribution in [1.29, 1.82) is 0 Å². The monoisotopic (exact) mass is 256 g/mol. The van der Waals surface area contributed by atoms with E-state index in [1.54, 1.807) is 17.4 Å². The maximum absolute atomic E-state index is 11.5. The van der Waals surface area contributed by atoms with E-state index in [9.17, 15) is 4.79 Å². The zero-order valence-corrected chi connectivity index (χ0v) is 10.2. The van der Waals surface area contributed by atoms with Crippen molar-refractivity contribution in [2.45, 2.75) is 11.5 Å². The van der Waals surface area contributed by atoms with Gasteiger partial charge in [-0.15, -0.1) is 35.3 Å². The lowest BCUT2D eigenvalue weighted by Gasteiger charge is -1.99. The first-order chi connectivity index (χ1) is 7.25. The van der Waals surface area contributed by atoms with Gasteiger partial charge < -0.3 is 4.74 Å². The Morgan fingerprint density at radius 1 is 1.47 bits per heavy atom. The molecule has 0 unspecified atom stereocenters. The average Bonchev–Trinajstić information content (AvgIpc) is 2.84. The highest BCUT2D eigenvalue weighted by atomic mass is 32.1. The SMILES string of the molecule is O=C(OCc1cccs1)c1cc(S)cs1. The number of hydrogen-bond acceptors (Lipinski definition) is 5. The summed E-state index contributed by atoms with van der Waals surface area (Å²) < 4.78 is 5.13. The summed E-state index contributed by atoms with van der Waals surface area (Å²) in [5.74, 6) is -0.284. The smallest absolute Gasteiger partial charge is 0.348 e. The summed E-state index contributed by atoms with van der Waals surface area (Å²) in [6.07, 6.45) is 0. The van der Waals surface area contributed by atoms with Crippen molar-refractivity contribution < 1.29 is 9.53 Å². The van der Waals surface area contributed by atoms with Gasteiger partial charge in [-0.05, 0) is 17.5 Å². The molecule has 2 nitrogen and oxygen atoms in total. The van der Waals surface area contributed by atoms with Gasteiger partial charge in [-0.3, -0.25) is 0 Å². The quantitative estimate of drug-likeness (QED) is 0.672. The van der Waals surface area contributed by atoms with E-state index in [0.717, 1.165) is 9.77 Å². The van der Waals surface area contributed by atoms with Gasteiger partial charge in [0.05, 0.1) is 0 Å². The third kappa shape index (κ3) is 2.84. The van der Waals surface area contributed by atoms with E-state index in [1.807, 2.05) is 22.9 Å². The first-order valence-electron chi connectivity index (χ1n) is 4.23. The fourth-order valence-corrected chi connectivity index (χ4v) is 2.69. The highest BCUT2D eigenvalue weighted by Crippen LogP contribution is 2.19. The zero-order chi connectivity index (χ0) is 10.7. The van der Waals surface area contributed by atoms with Crippen molar-refractivity contribution in [2.75, 3.05) is 0 Å². The standard InChI is InChI=1S/C10H8O2S3/c11-10(9-4-7(13)6-15-9)12-5-8-2-1-3-14-8/h1-4,6,13H,5H2. The average molecular weight is 256 g/mol. The van der Waals surface area contributed by atoms with Crippen molar-refractivity contribution in [3.8, 4) is 0 Å². The first kappa shape index (κ1) is 10.7. The van der Waals surface area contributed by atoms with Gasteiger partial charge in [0.2, 0.25) is 0 Å². The van der Waals surface area contributed by atoms with E-state index in [1.165, 1.54) is 11.3 Å². The normalized spacial score (nSPS) is 10.2. The lowest BCUT2D eigenvalue weighted by atomic mass is 10.4. The molecule has 2 aromatic rings. The fourth-order valence-electron chi connectivity index (χ4n) is 1.04. The van der Waals surface area contributed by atoms with Crippen LogP contribution >= 0.6 is 35.3 Å². The van der Waals surface area contributed by atoms with Gasteiger partial charge in [-0.25, -0.2) is 4.79 Å². The van der Waals surface area contributed by atoms with E-state index in [2.05, 4.69) is 12.6 Å². The van der Waals surface area contributed by atoms with Gasteiger partial charge in [0, 0.05) is 15.2 Å². The van der Waals surface area contributed by atoms with Crippen LogP contribution in [0.25, 0.3) is 0 Å². The molecule has 0 aliphatic heterocycles. The number of thiol groups is 1. The fraction of sp³-hybridized carbons (Fsp3) is 0.100. The Hall–Kier alpha value is -0.780. The van der Waals surface area contributed by atoms with E-state index >= 15 is 0 Å².